The number of hydrogen-bond acceptors (Lipinski definition) is 6. The van der Waals surface area contributed by atoms with Crippen molar-refractivity contribution in [3.8, 4) is 11.4 Å². The van der Waals surface area contributed by atoms with E-state index < -0.39 is 5.91 Å². The summed E-state index contributed by atoms with van der Waals surface area (Å²) in [5, 5.41) is 3.01. The van der Waals surface area contributed by atoms with Gasteiger partial charge < -0.3 is 26.4 Å². The van der Waals surface area contributed by atoms with Crippen molar-refractivity contribution >= 4 is 45.3 Å². The number of nitrogens with two attached hydrogens (primary N) is 2. The monoisotopic (exact) mass is 580 g/mol. The third-order valence-corrected chi connectivity index (χ3v) is 8.16. The SMILES string of the molecule is COc1cc(NC(=O)C2CCC(N3Cc4c(Br)cc(-n5cc(C(N)=O)nc5N)cc4C3=O)CC2)ccc1C. The van der Waals surface area contributed by atoms with Gasteiger partial charge in [-0.05, 0) is 61.9 Å². The minimum Gasteiger partial charge on any atom is -0.496 e. The molecule has 38 heavy (non-hydrogen) atoms. The van der Waals surface area contributed by atoms with E-state index in [4.69, 9.17) is 16.2 Å². The quantitative estimate of drug-likeness (QED) is 0.404. The number of fused-ring (bicyclic) bond motifs is 1. The molecule has 3 aromatic rings. The fraction of sp³-hybridized carbons (Fsp3) is 0.333. The fourth-order valence-electron chi connectivity index (χ4n) is 5.32. The van der Waals surface area contributed by atoms with E-state index in [2.05, 4.69) is 26.2 Å². The van der Waals surface area contributed by atoms with Gasteiger partial charge in [0.25, 0.3) is 11.8 Å². The lowest BCUT2D eigenvalue weighted by molar-refractivity contribution is -0.121. The van der Waals surface area contributed by atoms with Gasteiger partial charge in [0.2, 0.25) is 11.9 Å². The maximum absolute atomic E-state index is 13.5. The standard InChI is InChI=1S/C27H29BrN6O4/c1-14-3-6-16(9-23(14)38-2)31-25(36)15-4-7-17(8-5-15)33-12-20-19(26(33)37)10-18(11-21(20)28)34-13-22(24(29)35)32-27(34)30/h3,6,9-11,13,15,17H,4-5,7-8,12H2,1-2H3,(H2,29,35)(H2,30,32)(H,31,36). The van der Waals surface area contributed by atoms with Crippen LogP contribution in [0.1, 0.15) is 57.7 Å². The van der Waals surface area contributed by atoms with Gasteiger partial charge in [-0.2, -0.15) is 0 Å². The Morgan fingerprint density at radius 1 is 1.16 bits per heavy atom. The zero-order valence-corrected chi connectivity index (χ0v) is 22.7. The maximum Gasteiger partial charge on any atom is 0.268 e. The third-order valence-electron chi connectivity index (χ3n) is 7.45. The number of aryl methyl sites for hydroxylation is 1. The maximum atomic E-state index is 13.5. The molecule has 1 saturated carbocycles. The van der Waals surface area contributed by atoms with Crippen molar-refractivity contribution in [3.63, 3.8) is 0 Å². The Hall–Kier alpha value is -3.86. The number of hydrogen-bond donors (Lipinski definition) is 3. The number of halogens is 1. The Labute approximate surface area is 228 Å². The van der Waals surface area contributed by atoms with Crippen molar-refractivity contribution in [1.82, 2.24) is 14.5 Å². The number of nitrogen functional groups attached to an aromatic ring is 1. The van der Waals surface area contributed by atoms with Crippen LogP contribution in [0.2, 0.25) is 0 Å². The van der Waals surface area contributed by atoms with Crippen LogP contribution >= 0.6 is 15.9 Å². The van der Waals surface area contributed by atoms with Crippen LogP contribution in [-0.2, 0) is 11.3 Å². The number of aromatic nitrogens is 2. The van der Waals surface area contributed by atoms with Crippen LogP contribution in [0.3, 0.4) is 0 Å². The van der Waals surface area contributed by atoms with Gasteiger partial charge in [0.15, 0.2) is 0 Å². The van der Waals surface area contributed by atoms with Crippen molar-refractivity contribution in [1.29, 1.82) is 0 Å². The van der Waals surface area contributed by atoms with E-state index in [1.807, 2.05) is 36.1 Å². The van der Waals surface area contributed by atoms with Crippen LogP contribution < -0.4 is 21.5 Å². The highest BCUT2D eigenvalue weighted by Crippen LogP contribution is 2.38. The minimum atomic E-state index is -0.680. The number of methoxy groups -OCH3 is 1. The van der Waals surface area contributed by atoms with Crippen molar-refractivity contribution < 1.29 is 19.1 Å². The average Bonchev–Trinajstić information content (AvgIpc) is 3.46. The second-order valence-corrected chi connectivity index (χ2v) is 10.6. The second-order valence-electron chi connectivity index (χ2n) is 9.78. The molecule has 0 bridgehead atoms. The molecule has 198 valence electrons. The van der Waals surface area contributed by atoms with Gasteiger partial charge in [0.05, 0.1) is 12.8 Å². The van der Waals surface area contributed by atoms with Gasteiger partial charge in [-0.3, -0.25) is 19.0 Å². The number of nitrogens with zero attached hydrogens (tertiary/aromatic N) is 3. The normalized spacial score (nSPS) is 18.8. The van der Waals surface area contributed by atoms with E-state index >= 15 is 0 Å². The Balaban J connectivity index is 1.26. The first-order chi connectivity index (χ1) is 18.2. The molecule has 5 N–H and O–H groups in total. The van der Waals surface area contributed by atoms with Crippen LogP contribution in [0.15, 0.2) is 41.0 Å². The van der Waals surface area contributed by atoms with Crippen LogP contribution in [0.25, 0.3) is 5.69 Å². The fourth-order valence-corrected chi connectivity index (χ4v) is 5.89. The first-order valence-corrected chi connectivity index (χ1v) is 13.2. The smallest absolute Gasteiger partial charge is 0.268 e. The molecular weight excluding hydrogens is 552 g/mol. The molecule has 1 aliphatic heterocycles. The summed E-state index contributed by atoms with van der Waals surface area (Å²) >= 11 is 3.60. The summed E-state index contributed by atoms with van der Waals surface area (Å²) in [6, 6.07) is 9.29. The molecule has 0 saturated heterocycles. The van der Waals surface area contributed by atoms with E-state index in [-0.39, 0.29) is 35.4 Å². The number of carbonyl (C=O) groups excluding carboxylic acids is 3. The van der Waals surface area contributed by atoms with Gasteiger partial charge >= 0.3 is 0 Å². The van der Waals surface area contributed by atoms with Crippen LogP contribution in [0.4, 0.5) is 11.6 Å². The molecule has 0 radical (unpaired) electrons. The molecule has 2 aromatic carbocycles. The summed E-state index contributed by atoms with van der Waals surface area (Å²) in [5.41, 5.74) is 15.2. The van der Waals surface area contributed by atoms with Gasteiger partial charge in [0, 0.05) is 46.5 Å². The number of carbonyl (C=O) groups is 3. The molecule has 1 aliphatic carbocycles. The first-order valence-electron chi connectivity index (χ1n) is 12.4. The second kappa shape index (κ2) is 10.1. The third kappa shape index (κ3) is 4.73. The number of rotatable bonds is 6. The summed E-state index contributed by atoms with van der Waals surface area (Å²) in [5.74, 6) is -0.0194. The summed E-state index contributed by atoms with van der Waals surface area (Å²) < 4.78 is 7.67. The lowest BCUT2D eigenvalue weighted by atomic mass is 9.84. The lowest BCUT2D eigenvalue weighted by Gasteiger charge is -2.34. The predicted octanol–water partition coefficient (Wildman–Crippen LogP) is 3.79. The molecular formula is C27H29BrN6O4. The molecule has 2 heterocycles. The van der Waals surface area contributed by atoms with Crippen molar-refractivity contribution in [3.05, 3.63) is 63.4 Å². The number of benzene rings is 2. The summed E-state index contributed by atoms with van der Waals surface area (Å²) in [6.45, 7) is 2.45. The van der Waals surface area contributed by atoms with Gasteiger partial charge in [-0.15, -0.1) is 0 Å². The molecule has 11 heteroatoms. The molecule has 0 atom stereocenters. The van der Waals surface area contributed by atoms with E-state index in [0.29, 0.717) is 36.3 Å². The molecule has 1 aromatic heterocycles. The topological polar surface area (TPSA) is 146 Å². The molecule has 5 rings (SSSR count). The predicted molar refractivity (Wildman–Crippen MR) is 146 cm³/mol. The zero-order valence-electron chi connectivity index (χ0n) is 21.2. The molecule has 0 unspecified atom stereocenters. The van der Waals surface area contributed by atoms with Crippen molar-refractivity contribution in [2.45, 2.75) is 45.2 Å². The number of ether oxygens (including phenoxy) is 1. The van der Waals surface area contributed by atoms with Crippen LogP contribution in [-0.4, -0.2) is 45.3 Å². The lowest BCUT2D eigenvalue weighted by Crippen LogP contribution is -2.40. The number of amides is 3. The molecule has 0 spiro atoms. The highest BCUT2D eigenvalue weighted by atomic mass is 79.9. The molecule has 2 aliphatic rings. The number of nitrogens with one attached hydrogen (secondary N) is 1. The molecule has 3 amide bonds. The van der Waals surface area contributed by atoms with Crippen LogP contribution in [0, 0.1) is 12.8 Å². The highest BCUT2D eigenvalue weighted by Gasteiger charge is 2.37. The van der Waals surface area contributed by atoms with Crippen molar-refractivity contribution in [2.75, 3.05) is 18.2 Å². The minimum absolute atomic E-state index is 0.00831. The van der Waals surface area contributed by atoms with Gasteiger partial charge in [0.1, 0.15) is 11.4 Å². The van der Waals surface area contributed by atoms with Crippen LogP contribution in [0.5, 0.6) is 5.75 Å². The summed E-state index contributed by atoms with van der Waals surface area (Å²) in [6.07, 6.45) is 4.36. The zero-order chi connectivity index (χ0) is 27.1. The highest BCUT2D eigenvalue weighted by molar-refractivity contribution is 9.10. The first kappa shape index (κ1) is 25.8. The van der Waals surface area contributed by atoms with E-state index in [0.717, 1.165) is 34.2 Å². The Morgan fingerprint density at radius 2 is 1.89 bits per heavy atom. The number of imidazole rings is 1. The summed E-state index contributed by atoms with van der Waals surface area (Å²) in [7, 11) is 1.61. The van der Waals surface area contributed by atoms with E-state index in [1.54, 1.807) is 13.2 Å². The van der Waals surface area contributed by atoms with E-state index in [1.165, 1.54) is 10.8 Å². The Kier molecular flexibility index (Phi) is 6.87. The Bertz CT molecular complexity index is 1440. The Morgan fingerprint density at radius 3 is 2.55 bits per heavy atom. The molecule has 10 nitrogen and oxygen atoms in total. The molecule has 1 fully saturated rings. The van der Waals surface area contributed by atoms with E-state index in [9.17, 15) is 14.4 Å². The number of anilines is 2. The van der Waals surface area contributed by atoms with Gasteiger partial charge in [-0.1, -0.05) is 22.0 Å². The largest absolute Gasteiger partial charge is 0.496 e. The number of primary amides is 1. The van der Waals surface area contributed by atoms with Crippen molar-refractivity contribution in [2.24, 2.45) is 11.7 Å². The summed E-state index contributed by atoms with van der Waals surface area (Å²) in [4.78, 5) is 43.8. The van der Waals surface area contributed by atoms with Gasteiger partial charge in [-0.25, -0.2) is 4.98 Å². The average molecular weight is 581 g/mol.